The number of rotatable bonds is 4. The maximum Gasteiger partial charge on any atom is 0.337 e. The number of benzene rings is 1. The summed E-state index contributed by atoms with van der Waals surface area (Å²) in [5.41, 5.74) is 9.38. The lowest BCUT2D eigenvalue weighted by molar-refractivity contribution is 0.0601. The lowest BCUT2D eigenvalue weighted by Gasteiger charge is -2.10. The van der Waals surface area contributed by atoms with Gasteiger partial charge < -0.3 is 20.3 Å². The highest BCUT2D eigenvalue weighted by atomic mass is 16.5. The van der Waals surface area contributed by atoms with Crippen LogP contribution in [-0.2, 0) is 11.3 Å². The number of nitrogen functional groups attached to an aromatic ring is 1. The Morgan fingerprint density at radius 1 is 1.45 bits per heavy atom. The number of hydrogen-bond acceptors (Lipinski definition) is 6. The lowest BCUT2D eigenvalue weighted by atomic mass is 10.1. The van der Waals surface area contributed by atoms with Crippen molar-refractivity contribution in [2.45, 2.75) is 20.4 Å². The molecule has 3 N–H and O–H groups in total. The van der Waals surface area contributed by atoms with E-state index in [0.717, 1.165) is 17.0 Å². The molecule has 1 aromatic carbocycles. The zero-order chi connectivity index (χ0) is 14.7. The molecule has 0 unspecified atom stereocenters. The second kappa shape index (κ2) is 5.64. The average Bonchev–Trinajstić information content (AvgIpc) is 2.76. The number of nitrogens with one attached hydrogen (secondary N) is 1. The molecule has 0 aliphatic rings. The molecule has 0 atom stereocenters. The van der Waals surface area contributed by atoms with E-state index in [2.05, 4.69) is 15.2 Å². The predicted molar refractivity (Wildman–Crippen MR) is 75.5 cm³/mol. The Labute approximate surface area is 116 Å². The Bertz CT molecular complexity index is 615. The van der Waals surface area contributed by atoms with E-state index in [0.29, 0.717) is 23.5 Å². The van der Waals surface area contributed by atoms with Gasteiger partial charge in [0.15, 0.2) is 0 Å². The molecule has 1 aromatic heterocycles. The molecule has 20 heavy (non-hydrogen) atoms. The van der Waals surface area contributed by atoms with E-state index in [1.54, 1.807) is 18.2 Å². The van der Waals surface area contributed by atoms with E-state index < -0.39 is 5.97 Å². The van der Waals surface area contributed by atoms with Gasteiger partial charge in [-0.05, 0) is 32.0 Å². The molecular formula is C14H17N3O3. The van der Waals surface area contributed by atoms with Crippen molar-refractivity contribution in [1.82, 2.24) is 5.16 Å². The molecule has 0 spiro atoms. The number of carbonyl (C=O) groups is 1. The summed E-state index contributed by atoms with van der Waals surface area (Å²) in [6.45, 7) is 4.25. The van der Waals surface area contributed by atoms with Gasteiger partial charge in [0.25, 0.3) is 0 Å². The zero-order valence-corrected chi connectivity index (χ0v) is 11.7. The van der Waals surface area contributed by atoms with E-state index in [9.17, 15) is 4.79 Å². The molecule has 1 heterocycles. The SMILES string of the molecule is COC(=O)c1ccc(N)c(NCc2c(C)noc2C)c1. The fourth-order valence-electron chi connectivity index (χ4n) is 1.89. The lowest BCUT2D eigenvalue weighted by Crippen LogP contribution is -2.07. The largest absolute Gasteiger partial charge is 0.465 e. The fraction of sp³-hybridized carbons (Fsp3) is 0.286. The van der Waals surface area contributed by atoms with Crippen molar-refractivity contribution in [3.8, 4) is 0 Å². The number of carbonyl (C=O) groups excluding carboxylic acids is 1. The number of esters is 1. The first-order valence-electron chi connectivity index (χ1n) is 6.16. The molecule has 0 bridgehead atoms. The molecule has 0 radical (unpaired) electrons. The van der Waals surface area contributed by atoms with Gasteiger partial charge in [0.05, 0.1) is 29.7 Å². The monoisotopic (exact) mass is 275 g/mol. The summed E-state index contributed by atoms with van der Waals surface area (Å²) in [6.07, 6.45) is 0. The van der Waals surface area contributed by atoms with Gasteiger partial charge in [-0.15, -0.1) is 0 Å². The van der Waals surface area contributed by atoms with Crippen LogP contribution in [0.4, 0.5) is 11.4 Å². The first kappa shape index (κ1) is 13.9. The highest BCUT2D eigenvalue weighted by molar-refractivity contribution is 5.91. The summed E-state index contributed by atoms with van der Waals surface area (Å²) < 4.78 is 9.79. The van der Waals surface area contributed by atoms with Crippen LogP contribution >= 0.6 is 0 Å². The van der Waals surface area contributed by atoms with Crippen LogP contribution < -0.4 is 11.1 Å². The summed E-state index contributed by atoms with van der Waals surface area (Å²) >= 11 is 0. The fourth-order valence-corrected chi connectivity index (χ4v) is 1.89. The van der Waals surface area contributed by atoms with E-state index in [1.165, 1.54) is 7.11 Å². The summed E-state index contributed by atoms with van der Waals surface area (Å²) in [4.78, 5) is 11.5. The highest BCUT2D eigenvalue weighted by Crippen LogP contribution is 2.22. The highest BCUT2D eigenvalue weighted by Gasteiger charge is 2.11. The molecule has 0 amide bonds. The molecule has 0 saturated carbocycles. The van der Waals surface area contributed by atoms with Crippen LogP contribution in [-0.4, -0.2) is 18.2 Å². The minimum absolute atomic E-state index is 0.398. The Hall–Kier alpha value is -2.50. The number of nitrogens with zero attached hydrogens (tertiary/aromatic N) is 1. The van der Waals surface area contributed by atoms with Gasteiger partial charge in [-0.2, -0.15) is 0 Å². The average molecular weight is 275 g/mol. The Balaban J connectivity index is 2.19. The number of hydrogen-bond donors (Lipinski definition) is 2. The van der Waals surface area contributed by atoms with Crippen LogP contribution in [0.5, 0.6) is 0 Å². The van der Waals surface area contributed by atoms with Crippen molar-refractivity contribution >= 4 is 17.3 Å². The third-order valence-electron chi connectivity index (χ3n) is 3.11. The molecule has 6 heteroatoms. The van der Waals surface area contributed by atoms with Crippen molar-refractivity contribution in [1.29, 1.82) is 0 Å². The molecule has 106 valence electrons. The van der Waals surface area contributed by atoms with Crippen molar-refractivity contribution in [2.75, 3.05) is 18.2 Å². The quantitative estimate of drug-likeness (QED) is 0.657. The van der Waals surface area contributed by atoms with Gasteiger partial charge >= 0.3 is 5.97 Å². The predicted octanol–water partition coefficient (Wildman–Crippen LogP) is 2.27. The Morgan fingerprint density at radius 2 is 2.20 bits per heavy atom. The van der Waals surface area contributed by atoms with Crippen molar-refractivity contribution in [2.24, 2.45) is 0 Å². The van der Waals surface area contributed by atoms with Gasteiger partial charge in [0.2, 0.25) is 0 Å². The molecule has 0 aliphatic heterocycles. The number of aryl methyl sites for hydroxylation is 2. The van der Waals surface area contributed by atoms with Gasteiger partial charge in [-0.3, -0.25) is 0 Å². The van der Waals surface area contributed by atoms with Crippen molar-refractivity contribution in [3.05, 3.63) is 40.8 Å². The molecule has 2 aromatic rings. The standard InChI is InChI=1S/C14H17N3O3/c1-8-11(9(2)20-17-8)7-16-13-6-10(14(18)19-3)4-5-12(13)15/h4-6,16H,7,15H2,1-3H3. The number of ether oxygens (including phenoxy) is 1. The molecule has 0 saturated heterocycles. The van der Waals surface area contributed by atoms with E-state index in [1.807, 2.05) is 13.8 Å². The molecule has 2 rings (SSSR count). The topological polar surface area (TPSA) is 90.4 Å². The van der Waals surface area contributed by atoms with Crippen molar-refractivity contribution in [3.63, 3.8) is 0 Å². The van der Waals surface area contributed by atoms with Crippen molar-refractivity contribution < 1.29 is 14.1 Å². The second-order valence-electron chi connectivity index (χ2n) is 4.45. The minimum atomic E-state index is -0.398. The summed E-state index contributed by atoms with van der Waals surface area (Å²) in [5.74, 6) is 0.364. The van der Waals surface area contributed by atoms with Gasteiger partial charge in [-0.25, -0.2) is 4.79 Å². The van der Waals surface area contributed by atoms with Crippen LogP contribution in [0, 0.1) is 13.8 Å². The molecule has 0 fully saturated rings. The normalized spacial score (nSPS) is 10.3. The van der Waals surface area contributed by atoms with Gasteiger partial charge in [0, 0.05) is 12.1 Å². The number of methoxy groups -OCH3 is 1. The Kier molecular flexibility index (Phi) is 3.93. The number of aromatic nitrogens is 1. The third-order valence-corrected chi connectivity index (χ3v) is 3.11. The zero-order valence-electron chi connectivity index (χ0n) is 11.7. The molecule has 0 aliphatic carbocycles. The van der Waals surface area contributed by atoms with Gasteiger partial charge in [0.1, 0.15) is 5.76 Å². The summed E-state index contributed by atoms with van der Waals surface area (Å²) in [7, 11) is 1.34. The molecule has 6 nitrogen and oxygen atoms in total. The summed E-state index contributed by atoms with van der Waals surface area (Å²) in [5, 5.41) is 7.07. The van der Waals surface area contributed by atoms with Crippen LogP contribution in [0.1, 0.15) is 27.4 Å². The Morgan fingerprint density at radius 3 is 2.80 bits per heavy atom. The third kappa shape index (κ3) is 2.74. The first-order chi connectivity index (χ1) is 9.52. The number of anilines is 2. The van der Waals surface area contributed by atoms with E-state index in [4.69, 9.17) is 10.3 Å². The summed E-state index contributed by atoms with van der Waals surface area (Å²) in [6, 6.07) is 4.96. The van der Waals surface area contributed by atoms with E-state index >= 15 is 0 Å². The van der Waals surface area contributed by atoms with Crippen LogP contribution in [0.15, 0.2) is 22.7 Å². The van der Waals surface area contributed by atoms with Crippen LogP contribution in [0.25, 0.3) is 0 Å². The number of nitrogens with two attached hydrogens (primary N) is 1. The second-order valence-corrected chi connectivity index (χ2v) is 4.45. The smallest absolute Gasteiger partial charge is 0.337 e. The molecular weight excluding hydrogens is 258 g/mol. The maximum absolute atomic E-state index is 11.5. The maximum atomic E-state index is 11.5. The van der Waals surface area contributed by atoms with Crippen LogP contribution in [0.2, 0.25) is 0 Å². The van der Waals surface area contributed by atoms with Crippen LogP contribution in [0.3, 0.4) is 0 Å². The van der Waals surface area contributed by atoms with Gasteiger partial charge in [-0.1, -0.05) is 5.16 Å². The first-order valence-corrected chi connectivity index (χ1v) is 6.16. The van der Waals surface area contributed by atoms with E-state index in [-0.39, 0.29) is 0 Å². The minimum Gasteiger partial charge on any atom is -0.465 e.